The van der Waals surface area contributed by atoms with E-state index in [1.807, 2.05) is 30.5 Å². The maximum absolute atomic E-state index is 6.06. The number of furan rings is 2. The van der Waals surface area contributed by atoms with Crippen LogP contribution in [-0.4, -0.2) is 9.97 Å². The molecule has 0 amide bonds. The number of aromatic nitrogens is 2. The summed E-state index contributed by atoms with van der Waals surface area (Å²) in [7, 11) is 0. The Kier molecular flexibility index (Phi) is 4.26. The van der Waals surface area contributed by atoms with Crippen LogP contribution in [0.2, 0.25) is 0 Å². The second-order valence-electron chi connectivity index (χ2n) is 8.46. The van der Waals surface area contributed by atoms with Crippen molar-refractivity contribution >= 4 is 44.8 Å². The molecule has 0 bridgehead atoms. The van der Waals surface area contributed by atoms with Crippen molar-refractivity contribution in [1.29, 1.82) is 0 Å². The second-order valence-corrected chi connectivity index (χ2v) is 9.47. The van der Waals surface area contributed by atoms with E-state index in [1.54, 1.807) is 18.1 Å². The van der Waals surface area contributed by atoms with E-state index >= 15 is 0 Å². The van der Waals surface area contributed by atoms with E-state index in [2.05, 4.69) is 55.5 Å². The molecule has 0 fully saturated rings. The largest absolute Gasteiger partial charge is 0.461 e. The molecule has 5 rings (SSSR count). The van der Waals surface area contributed by atoms with Gasteiger partial charge >= 0.3 is 0 Å². The minimum Gasteiger partial charge on any atom is -0.461 e. The molecule has 4 nitrogen and oxygen atoms in total. The fourth-order valence-corrected chi connectivity index (χ4v) is 4.80. The third kappa shape index (κ3) is 2.92. The van der Waals surface area contributed by atoms with E-state index in [1.165, 1.54) is 10.5 Å². The predicted octanol–water partition coefficient (Wildman–Crippen LogP) is 7.63. The van der Waals surface area contributed by atoms with Gasteiger partial charge in [0.25, 0.3) is 0 Å². The lowest BCUT2D eigenvalue weighted by atomic mass is 9.85. The molecule has 0 radical (unpaired) electrons. The zero-order valence-corrected chi connectivity index (χ0v) is 18.3. The highest BCUT2D eigenvalue weighted by molar-refractivity contribution is 8.02. The third-order valence-corrected chi connectivity index (χ3v) is 6.09. The van der Waals surface area contributed by atoms with E-state index in [9.17, 15) is 0 Å². The first kappa shape index (κ1) is 18.9. The SMILES string of the molecule is C=CSc1ccc(-c2ncnc3oc4ccc5cc(C)oc5c4c23)cc1C(C)(C)C. The lowest BCUT2D eigenvalue weighted by molar-refractivity contribution is 0.578. The van der Waals surface area contributed by atoms with Crippen molar-refractivity contribution in [1.82, 2.24) is 9.97 Å². The van der Waals surface area contributed by atoms with E-state index in [0.29, 0.717) is 5.71 Å². The number of hydrogen-bond acceptors (Lipinski definition) is 5. The first-order valence-corrected chi connectivity index (χ1v) is 10.7. The fourth-order valence-electron chi connectivity index (χ4n) is 3.99. The van der Waals surface area contributed by atoms with Crippen LogP contribution in [0.4, 0.5) is 0 Å². The molecule has 2 aromatic carbocycles. The molecule has 0 aliphatic heterocycles. The molecule has 0 saturated carbocycles. The topological polar surface area (TPSA) is 52.1 Å². The van der Waals surface area contributed by atoms with Gasteiger partial charge in [-0.3, -0.25) is 0 Å². The highest BCUT2D eigenvalue weighted by atomic mass is 32.2. The van der Waals surface area contributed by atoms with Crippen molar-refractivity contribution in [3.05, 3.63) is 66.0 Å². The first-order chi connectivity index (χ1) is 14.4. The maximum atomic E-state index is 6.06. The smallest absolute Gasteiger partial charge is 0.231 e. The van der Waals surface area contributed by atoms with Crippen LogP contribution >= 0.6 is 11.8 Å². The van der Waals surface area contributed by atoms with Gasteiger partial charge in [0.1, 0.15) is 23.3 Å². The van der Waals surface area contributed by atoms with E-state index in [-0.39, 0.29) is 5.41 Å². The average molecular weight is 415 g/mol. The number of fused-ring (bicyclic) bond motifs is 5. The number of nitrogens with zero attached hydrogens (tertiary/aromatic N) is 2. The third-order valence-electron chi connectivity index (χ3n) is 5.31. The van der Waals surface area contributed by atoms with Gasteiger partial charge < -0.3 is 8.83 Å². The van der Waals surface area contributed by atoms with Crippen LogP contribution in [0.15, 0.2) is 68.4 Å². The minimum atomic E-state index is -0.0165. The number of thioether (sulfide) groups is 1. The van der Waals surface area contributed by atoms with Crippen molar-refractivity contribution in [2.45, 2.75) is 38.0 Å². The highest BCUT2D eigenvalue weighted by Gasteiger charge is 2.22. The Labute approximate surface area is 179 Å². The molecular weight excluding hydrogens is 392 g/mol. The summed E-state index contributed by atoms with van der Waals surface area (Å²) in [6, 6.07) is 12.5. The lowest BCUT2D eigenvalue weighted by Gasteiger charge is -2.23. The van der Waals surface area contributed by atoms with Crippen molar-refractivity contribution in [2.24, 2.45) is 0 Å². The quantitative estimate of drug-likeness (QED) is 0.284. The van der Waals surface area contributed by atoms with E-state index in [4.69, 9.17) is 8.83 Å². The van der Waals surface area contributed by atoms with E-state index in [0.717, 1.165) is 44.3 Å². The monoisotopic (exact) mass is 414 g/mol. The molecule has 0 unspecified atom stereocenters. The molecule has 5 aromatic rings. The van der Waals surface area contributed by atoms with Crippen LogP contribution in [-0.2, 0) is 5.41 Å². The standard InChI is InChI=1S/C25H22N2O2S/c1-6-30-19-10-8-15(12-17(19)25(3,4)5)22-21-20-18(29-24(21)27-13-26-22)9-7-16-11-14(2)28-23(16)20/h6-13H,1H2,2-5H3. The number of aryl methyl sites for hydroxylation is 1. The van der Waals surface area contributed by atoms with Crippen molar-refractivity contribution in [3.63, 3.8) is 0 Å². The molecule has 0 aliphatic rings. The van der Waals surface area contributed by atoms with Gasteiger partial charge in [0, 0.05) is 15.8 Å². The number of hydrogen-bond donors (Lipinski definition) is 0. The molecule has 150 valence electrons. The first-order valence-electron chi connectivity index (χ1n) is 9.85. The molecule has 3 heterocycles. The second kappa shape index (κ2) is 6.74. The molecule has 0 N–H and O–H groups in total. The van der Waals surface area contributed by atoms with Crippen LogP contribution < -0.4 is 0 Å². The van der Waals surface area contributed by atoms with Gasteiger partial charge in [-0.2, -0.15) is 0 Å². The van der Waals surface area contributed by atoms with Gasteiger partial charge in [0.2, 0.25) is 5.71 Å². The highest BCUT2D eigenvalue weighted by Crippen LogP contribution is 2.41. The van der Waals surface area contributed by atoms with Gasteiger partial charge in [-0.1, -0.05) is 45.2 Å². The van der Waals surface area contributed by atoms with Crippen LogP contribution in [0, 0.1) is 6.92 Å². The minimum absolute atomic E-state index is 0.0165. The zero-order chi connectivity index (χ0) is 21.0. The molecule has 0 aliphatic carbocycles. The zero-order valence-electron chi connectivity index (χ0n) is 17.4. The lowest BCUT2D eigenvalue weighted by Crippen LogP contribution is -2.12. The van der Waals surface area contributed by atoms with Crippen LogP contribution in [0.3, 0.4) is 0 Å². The number of rotatable bonds is 3. The molecule has 3 aromatic heterocycles. The molecular formula is C25H22N2O2S. The Morgan fingerprint density at radius 2 is 1.83 bits per heavy atom. The average Bonchev–Trinajstić information content (AvgIpc) is 3.26. The molecule has 5 heteroatoms. The Morgan fingerprint density at radius 3 is 2.60 bits per heavy atom. The fraction of sp³-hybridized carbons (Fsp3) is 0.200. The van der Waals surface area contributed by atoms with Crippen molar-refractivity contribution in [2.75, 3.05) is 0 Å². The van der Waals surface area contributed by atoms with Gasteiger partial charge in [-0.25, -0.2) is 9.97 Å². The van der Waals surface area contributed by atoms with E-state index < -0.39 is 0 Å². The summed E-state index contributed by atoms with van der Waals surface area (Å²) in [5.74, 6) is 0.867. The Hall–Kier alpha value is -3.05. The summed E-state index contributed by atoms with van der Waals surface area (Å²) in [6.07, 6.45) is 1.56. The van der Waals surface area contributed by atoms with Crippen LogP contribution in [0.1, 0.15) is 32.1 Å². The molecule has 0 saturated heterocycles. The maximum Gasteiger partial charge on any atom is 0.231 e. The summed E-state index contributed by atoms with van der Waals surface area (Å²) < 4.78 is 12.1. The number of benzene rings is 2. The van der Waals surface area contributed by atoms with Crippen molar-refractivity contribution in [3.8, 4) is 11.3 Å². The Bertz CT molecular complexity index is 1440. The van der Waals surface area contributed by atoms with Gasteiger partial charge in [0.15, 0.2) is 0 Å². The predicted molar refractivity (Wildman–Crippen MR) is 124 cm³/mol. The Balaban J connectivity index is 1.85. The van der Waals surface area contributed by atoms with Gasteiger partial charge in [-0.05, 0) is 53.6 Å². The Morgan fingerprint density at radius 1 is 1.00 bits per heavy atom. The molecule has 30 heavy (non-hydrogen) atoms. The molecule has 0 atom stereocenters. The van der Waals surface area contributed by atoms with Crippen molar-refractivity contribution < 1.29 is 8.83 Å². The van der Waals surface area contributed by atoms with Crippen LogP contribution in [0.25, 0.3) is 44.3 Å². The summed E-state index contributed by atoms with van der Waals surface area (Å²) in [5.41, 5.74) is 5.25. The molecule has 0 spiro atoms. The normalized spacial score (nSPS) is 12.3. The summed E-state index contributed by atoms with van der Waals surface area (Å²) in [5, 5.41) is 4.72. The summed E-state index contributed by atoms with van der Waals surface area (Å²) in [6.45, 7) is 12.5. The summed E-state index contributed by atoms with van der Waals surface area (Å²) in [4.78, 5) is 10.3. The van der Waals surface area contributed by atoms with Gasteiger partial charge in [0.05, 0.1) is 16.5 Å². The van der Waals surface area contributed by atoms with Crippen LogP contribution in [0.5, 0.6) is 0 Å². The van der Waals surface area contributed by atoms with Gasteiger partial charge in [-0.15, -0.1) is 0 Å². The summed E-state index contributed by atoms with van der Waals surface area (Å²) >= 11 is 1.64.